The highest BCUT2D eigenvalue weighted by molar-refractivity contribution is 14.1. The number of methoxy groups -OCH3 is 1. The van der Waals surface area contributed by atoms with E-state index < -0.39 is 5.97 Å². The van der Waals surface area contributed by atoms with Crippen molar-refractivity contribution in [2.75, 3.05) is 12.4 Å². The molecule has 178 valence electrons. The number of amides is 1. The fourth-order valence-corrected chi connectivity index (χ4v) is 4.29. The highest BCUT2D eigenvalue weighted by Crippen LogP contribution is 2.35. The minimum Gasteiger partial charge on any atom is -0.493 e. The van der Waals surface area contributed by atoms with E-state index in [-0.39, 0.29) is 17.5 Å². The largest absolute Gasteiger partial charge is 0.493 e. The van der Waals surface area contributed by atoms with Gasteiger partial charge in [0.15, 0.2) is 17.2 Å². The van der Waals surface area contributed by atoms with Crippen molar-refractivity contribution in [3.05, 3.63) is 92.2 Å². The topological polar surface area (TPSA) is 86.2 Å². The molecule has 1 N–H and O–H groups in total. The van der Waals surface area contributed by atoms with Crippen molar-refractivity contribution in [2.24, 2.45) is 4.99 Å². The van der Waals surface area contributed by atoms with Crippen molar-refractivity contribution in [1.82, 2.24) is 0 Å². The molecule has 7 nitrogen and oxygen atoms in total. The molecule has 0 spiro atoms. The van der Waals surface area contributed by atoms with Gasteiger partial charge in [0.2, 0.25) is 11.8 Å². The van der Waals surface area contributed by atoms with Crippen LogP contribution in [0.4, 0.5) is 5.69 Å². The number of aliphatic imine (C=N–C) groups is 1. The first-order valence-corrected chi connectivity index (χ1v) is 11.9. The Morgan fingerprint density at radius 1 is 1.14 bits per heavy atom. The zero-order chi connectivity index (χ0) is 24.9. The van der Waals surface area contributed by atoms with Gasteiger partial charge >= 0.3 is 5.97 Å². The summed E-state index contributed by atoms with van der Waals surface area (Å²) >= 11 is 2.18. The number of hydrogen-bond donors (Lipinski definition) is 1. The van der Waals surface area contributed by atoms with Gasteiger partial charge in [-0.15, -0.1) is 0 Å². The Balaban J connectivity index is 1.55. The maximum Gasteiger partial charge on any atom is 0.363 e. The predicted molar refractivity (Wildman–Crippen MR) is 143 cm³/mol. The third kappa shape index (κ3) is 6.07. The van der Waals surface area contributed by atoms with E-state index in [0.717, 1.165) is 14.7 Å². The van der Waals surface area contributed by atoms with Crippen LogP contribution in [0.15, 0.2) is 71.4 Å². The number of esters is 1. The fraction of sp³-hybridized carbons (Fsp3) is 0.148. The molecule has 1 aliphatic heterocycles. The summed E-state index contributed by atoms with van der Waals surface area (Å²) in [6.45, 7) is 3.89. The summed E-state index contributed by atoms with van der Waals surface area (Å²) < 4.78 is 17.8. The number of benzene rings is 3. The van der Waals surface area contributed by atoms with Gasteiger partial charge in [-0.25, -0.2) is 9.79 Å². The summed E-state index contributed by atoms with van der Waals surface area (Å²) in [4.78, 5) is 28.0. The standard InChI is InChI=1S/C27H23IN2O5/c1-16-5-4-6-18(11-16)15-34-25-22(28)12-19(14-24(25)33-3)13-23-27(32)35-26(30-23)20-7-9-21(10-8-20)29-17(2)31/h4-14H,15H2,1-3H3,(H,29,31)/b23-13-. The molecule has 0 aliphatic carbocycles. The average Bonchev–Trinajstić information content (AvgIpc) is 3.18. The van der Waals surface area contributed by atoms with Crippen molar-refractivity contribution >= 4 is 52.1 Å². The Morgan fingerprint density at radius 3 is 2.60 bits per heavy atom. The minimum atomic E-state index is -0.542. The lowest BCUT2D eigenvalue weighted by atomic mass is 10.1. The van der Waals surface area contributed by atoms with Crippen LogP contribution >= 0.6 is 22.6 Å². The zero-order valence-electron chi connectivity index (χ0n) is 19.4. The molecule has 0 bridgehead atoms. The van der Waals surface area contributed by atoms with Crippen LogP contribution in [0.5, 0.6) is 11.5 Å². The van der Waals surface area contributed by atoms with Crippen LogP contribution in [-0.4, -0.2) is 24.9 Å². The average molecular weight is 582 g/mol. The molecule has 0 radical (unpaired) electrons. The van der Waals surface area contributed by atoms with Crippen molar-refractivity contribution in [3.8, 4) is 11.5 Å². The van der Waals surface area contributed by atoms with E-state index in [1.54, 1.807) is 43.5 Å². The molecule has 35 heavy (non-hydrogen) atoms. The summed E-state index contributed by atoms with van der Waals surface area (Å²) in [5.41, 5.74) is 4.41. The number of carbonyl (C=O) groups is 2. The number of aryl methyl sites for hydroxylation is 1. The number of halogens is 1. The van der Waals surface area contributed by atoms with E-state index in [1.165, 1.54) is 12.5 Å². The molecular formula is C27H23IN2O5. The minimum absolute atomic E-state index is 0.163. The van der Waals surface area contributed by atoms with Gasteiger partial charge in [-0.2, -0.15) is 0 Å². The van der Waals surface area contributed by atoms with Gasteiger partial charge in [-0.1, -0.05) is 29.8 Å². The number of ether oxygens (including phenoxy) is 3. The monoisotopic (exact) mass is 582 g/mol. The number of nitrogens with zero attached hydrogens (tertiary/aromatic N) is 1. The molecule has 1 aliphatic rings. The molecule has 1 amide bonds. The van der Waals surface area contributed by atoms with Crippen molar-refractivity contribution in [1.29, 1.82) is 0 Å². The molecule has 0 unspecified atom stereocenters. The Morgan fingerprint density at radius 2 is 1.91 bits per heavy atom. The Kier molecular flexibility index (Phi) is 7.50. The van der Waals surface area contributed by atoms with E-state index in [4.69, 9.17) is 14.2 Å². The summed E-state index contributed by atoms with van der Waals surface area (Å²) in [5, 5.41) is 2.69. The molecule has 0 saturated carbocycles. The van der Waals surface area contributed by atoms with Gasteiger partial charge in [0.05, 0.1) is 10.7 Å². The van der Waals surface area contributed by atoms with Gasteiger partial charge in [0.25, 0.3) is 0 Å². The van der Waals surface area contributed by atoms with Crippen LogP contribution in [0.2, 0.25) is 0 Å². The van der Waals surface area contributed by atoms with Gasteiger partial charge in [0.1, 0.15) is 6.61 Å². The van der Waals surface area contributed by atoms with Gasteiger partial charge in [-0.3, -0.25) is 4.79 Å². The number of nitrogens with one attached hydrogen (secondary N) is 1. The second-order valence-electron chi connectivity index (χ2n) is 7.91. The quantitative estimate of drug-likeness (QED) is 0.226. The maximum atomic E-state index is 12.4. The predicted octanol–water partition coefficient (Wildman–Crippen LogP) is 5.49. The highest BCUT2D eigenvalue weighted by atomic mass is 127. The first-order chi connectivity index (χ1) is 16.8. The number of cyclic esters (lactones) is 1. The Labute approximate surface area is 217 Å². The van der Waals surface area contributed by atoms with Crippen LogP contribution in [-0.2, 0) is 20.9 Å². The lowest BCUT2D eigenvalue weighted by Crippen LogP contribution is -2.07. The molecule has 0 fully saturated rings. The van der Waals surface area contributed by atoms with Gasteiger partial charge in [-0.05, 0) is 83.1 Å². The Hall–Kier alpha value is -3.66. The van der Waals surface area contributed by atoms with Crippen LogP contribution in [0.1, 0.15) is 29.2 Å². The van der Waals surface area contributed by atoms with Crippen LogP contribution in [0, 0.1) is 10.5 Å². The number of rotatable bonds is 7. The first kappa shape index (κ1) is 24.5. The third-order valence-corrected chi connectivity index (χ3v) is 5.89. The van der Waals surface area contributed by atoms with Crippen LogP contribution in [0.3, 0.4) is 0 Å². The third-order valence-electron chi connectivity index (χ3n) is 5.09. The molecule has 8 heteroatoms. The molecule has 1 heterocycles. The van der Waals surface area contributed by atoms with E-state index in [2.05, 4.69) is 39.0 Å². The summed E-state index contributed by atoms with van der Waals surface area (Å²) in [6, 6.07) is 18.7. The molecule has 0 aromatic heterocycles. The first-order valence-electron chi connectivity index (χ1n) is 10.8. The van der Waals surface area contributed by atoms with E-state index in [1.807, 2.05) is 31.2 Å². The summed E-state index contributed by atoms with van der Waals surface area (Å²) in [6.07, 6.45) is 1.65. The second kappa shape index (κ2) is 10.7. The lowest BCUT2D eigenvalue weighted by Gasteiger charge is -2.14. The lowest BCUT2D eigenvalue weighted by molar-refractivity contribution is -0.129. The summed E-state index contributed by atoms with van der Waals surface area (Å²) in [5.74, 6) is 0.689. The van der Waals surface area contributed by atoms with Crippen molar-refractivity contribution in [2.45, 2.75) is 20.5 Å². The highest BCUT2D eigenvalue weighted by Gasteiger charge is 2.24. The number of anilines is 1. The molecule has 3 aromatic carbocycles. The molecular weight excluding hydrogens is 559 g/mol. The van der Waals surface area contributed by atoms with E-state index >= 15 is 0 Å². The van der Waals surface area contributed by atoms with Gasteiger partial charge < -0.3 is 19.5 Å². The van der Waals surface area contributed by atoms with Crippen LogP contribution in [0.25, 0.3) is 6.08 Å². The molecule has 0 atom stereocenters. The fourth-order valence-electron chi connectivity index (χ4n) is 3.51. The van der Waals surface area contributed by atoms with Crippen LogP contribution < -0.4 is 14.8 Å². The number of carbonyl (C=O) groups excluding carboxylic acids is 2. The Bertz CT molecular complexity index is 1350. The summed E-state index contributed by atoms with van der Waals surface area (Å²) in [7, 11) is 1.58. The maximum absolute atomic E-state index is 12.4. The molecule has 0 saturated heterocycles. The molecule has 4 rings (SSSR count). The number of hydrogen-bond acceptors (Lipinski definition) is 6. The smallest absolute Gasteiger partial charge is 0.363 e. The van der Waals surface area contributed by atoms with Gasteiger partial charge in [0, 0.05) is 18.2 Å². The molecule has 3 aromatic rings. The zero-order valence-corrected chi connectivity index (χ0v) is 21.6. The van der Waals surface area contributed by atoms with Crippen molar-refractivity contribution < 1.29 is 23.8 Å². The normalized spacial score (nSPS) is 13.9. The van der Waals surface area contributed by atoms with Crippen molar-refractivity contribution in [3.63, 3.8) is 0 Å². The van der Waals surface area contributed by atoms with E-state index in [9.17, 15) is 9.59 Å². The SMILES string of the molecule is COc1cc(/C=C2\N=C(c3ccc(NC(C)=O)cc3)OC2=O)cc(I)c1OCc1cccc(C)c1. The van der Waals surface area contributed by atoms with E-state index in [0.29, 0.717) is 29.4 Å². The second-order valence-corrected chi connectivity index (χ2v) is 9.07.